The van der Waals surface area contributed by atoms with Crippen molar-refractivity contribution in [2.45, 2.75) is 20.8 Å². The standard InChI is InChI=1S/C10H21N2/c1-5-12(8-10(2)3)7-6-11(4)9-12/h6-7,10H,5,8-9H2,1-4H3/q+1. The Labute approximate surface area is 76.1 Å². The van der Waals surface area contributed by atoms with Gasteiger partial charge in [0.25, 0.3) is 0 Å². The second-order valence-corrected chi connectivity index (χ2v) is 4.31. The van der Waals surface area contributed by atoms with Gasteiger partial charge in [0, 0.05) is 13.0 Å². The minimum atomic E-state index is 0.779. The monoisotopic (exact) mass is 169 g/mol. The van der Waals surface area contributed by atoms with Gasteiger partial charge in [0.15, 0.2) is 6.67 Å². The molecule has 1 atom stereocenters. The van der Waals surface area contributed by atoms with Gasteiger partial charge in [-0.05, 0) is 6.92 Å². The highest BCUT2D eigenvalue weighted by molar-refractivity contribution is 4.79. The first-order chi connectivity index (χ1) is 5.58. The van der Waals surface area contributed by atoms with Crippen LogP contribution >= 0.6 is 0 Å². The molecule has 1 heterocycles. The lowest BCUT2D eigenvalue weighted by atomic mass is 10.2. The van der Waals surface area contributed by atoms with Gasteiger partial charge in [-0.3, -0.25) is 4.48 Å². The first-order valence-corrected chi connectivity index (χ1v) is 4.83. The first-order valence-electron chi connectivity index (χ1n) is 4.83. The number of nitrogens with zero attached hydrogens (tertiary/aromatic N) is 2. The molecule has 2 nitrogen and oxygen atoms in total. The fourth-order valence-electron chi connectivity index (χ4n) is 1.97. The lowest BCUT2D eigenvalue weighted by Crippen LogP contribution is -2.46. The maximum atomic E-state index is 2.33. The Morgan fingerprint density at radius 1 is 1.50 bits per heavy atom. The molecular formula is C10H21N2+. The Morgan fingerprint density at radius 3 is 2.50 bits per heavy atom. The minimum absolute atomic E-state index is 0.779. The average Bonchev–Trinajstić information content (AvgIpc) is 2.32. The molecule has 0 radical (unpaired) electrons. The maximum Gasteiger partial charge on any atom is 0.158 e. The predicted molar refractivity (Wildman–Crippen MR) is 52.3 cm³/mol. The van der Waals surface area contributed by atoms with Crippen LogP contribution in [0.1, 0.15) is 20.8 Å². The second kappa shape index (κ2) is 3.48. The van der Waals surface area contributed by atoms with Gasteiger partial charge in [-0.25, -0.2) is 0 Å². The summed E-state index contributed by atoms with van der Waals surface area (Å²) in [5.74, 6) is 0.779. The van der Waals surface area contributed by atoms with Crippen LogP contribution in [0.25, 0.3) is 0 Å². The average molecular weight is 169 g/mol. The summed E-state index contributed by atoms with van der Waals surface area (Å²) in [6.45, 7) is 10.5. The molecule has 0 spiro atoms. The summed E-state index contributed by atoms with van der Waals surface area (Å²) in [6.07, 6.45) is 4.53. The Kier molecular flexibility index (Phi) is 2.78. The van der Waals surface area contributed by atoms with Gasteiger partial charge in [0.1, 0.15) is 6.20 Å². The Morgan fingerprint density at radius 2 is 2.17 bits per heavy atom. The van der Waals surface area contributed by atoms with Crippen molar-refractivity contribution in [3.8, 4) is 0 Å². The molecule has 1 aliphatic rings. The molecule has 0 aromatic rings. The van der Waals surface area contributed by atoms with Crippen LogP contribution in [0.15, 0.2) is 12.4 Å². The topological polar surface area (TPSA) is 3.24 Å². The van der Waals surface area contributed by atoms with E-state index in [2.05, 4.69) is 45.1 Å². The quantitative estimate of drug-likeness (QED) is 0.583. The molecule has 0 amide bonds. The summed E-state index contributed by atoms with van der Waals surface area (Å²) in [5.41, 5.74) is 0. The molecule has 0 aromatic heterocycles. The minimum Gasteiger partial charge on any atom is -0.329 e. The summed E-state index contributed by atoms with van der Waals surface area (Å²) in [6, 6.07) is 0. The van der Waals surface area contributed by atoms with E-state index in [0.717, 1.165) is 17.1 Å². The molecule has 0 aliphatic carbocycles. The van der Waals surface area contributed by atoms with Crippen LogP contribution in [0.4, 0.5) is 0 Å². The molecular weight excluding hydrogens is 148 g/mol. The Balaban J connectivity index is 2.59. The molecule has 1 aliphatic heterocycles. The molecule has 1 unspecified atom stereocenters. The van der Waals surface area contributed by atoms with Crippen LogP contribution in [0, 0.1) is 5.92 Å². The van der Waals surface area contributed by atoms with E-state index >= 15 is 0 Å². The second-order valence-electron chi connectivity index (χ2n) is 4.31. The fraction of sp³-hybridized carbons (Fsp3) is 0.800. The summed E-state index contributed by atoms with van der Waals surface area (Å²) in [5, 5.41) is 0. The summed E-state index contributed by atoms with van der Waals surface area (Å²) < 4.78 is 1.13. The van der Waals surface area contributed by atoms with E-state index in [4.69, 9.17) is 0 Å². The molecule has 0 N–H and O–H groups in total. The van der Waals surface area contributed by atoms with Gasteiger partial charge in [0.2, 0.25) is 0 Å². The molecule has 0 aromatic carbocycles. The zero-order chi connectivity index (χ0) is 9.19. The largest absolute Gasteiger partial charge is 0.329 e. The van der Waals surface area contributed by atoms with Crippen molar-refractivity contribution in [1.29, 1.82) is 0 Å². The van der Waals surface area contributed by atoms with E-state index in [-0.39, 0.29) is 0 Å². The van der Waals surface area contributed by atoms with Gasteiger partial charge in [-0.15, -0.1) is 0 Å². The third-order valence-corrected chi connectivity index (χ3v) is 2.50. The third-order valence-electron chi connectivity index (χ3n) is 2.50. The SMILES string of the molecule is CC[N+]1(CC(C)C)C=CN(C)C1. The van der Waals surface area contributed by atoms with Gasteiger partial charge in [-0.1, -0.05) is 13.8 Å². The highest BCUT2D eigenvalue weighted by Crippen LogP contribution is 2.18. The zero-order valence-corrected chi connectivity index (χ0v) is 8.75. The molecule has 70 valence electrons. The van der Waals surface area contributed by atoms with Crippen LogP contribution < -0.4 is 0 Å². The van der Waals surface area contributed by atoms with Crippen molar-refractivity contribution in [2.75, 3.05) is 26.8 Å². The van der Waals surface area contributed by atoms with E-state index in [0.29, 0.717) is 0 Å². The molecule has 12 heavy (non-hydrogen) atoms. The van der Waals surface area contributed by atoms with E-state index in [1.807, 2.05) is 0 Å². The number of quaternary nitrogens is 1. The summed E-state index contributed by atoms with van der Waals surface area (Å²) >= 11 is 0. The number of hydrogen-bond acceptors (Lipinski definition) is 1. The van der Waals surface area contributed by atoms with Gasteiger partial charge < -0.3 is 4.90 Å². The molecule has 0 bridgehead atoms. The van der Waals surface area contributed by atoms with E-state index in [9.17, 15) is 0 Å². The van der Waals surface area contributed by atoms with Gasteiger partial charge in [-0.2, -0.15) is 0 Å². The van der Waals surface area contributed by atoms with Crippen molar-refractivity contribution in [1.82, 2.24) is 4.90 Å². The van der Waals surface area contributed by atoms with Gasteiger partial charge >= 0.3 is 0 Å². The van der Waals surface area contributed by atoms with Crippen LogP contribution in [0.5, 0.6) is 0 Å². The summed E-state index contributed by atoms with van der Waals surface area (Å²) in [4.78, 5) is 2.27. The van der Waals surface area contributed by atoms with E-state index < -0.39 is 0 Å². The lowest BCUT2D eigenvalue weighted by Gasteiger charge is -2.32. The van der Waals surface area contributed by atoms with Gasteiger partial charge in [0.05, 0.1) is 19.3 Å². The van der Waals surface area contributed by atoms with E-state index in [1.54, 1.807) is 0 Å². The normalized spacial score (nSPS) is 28.9. The van der Waals surface area contributed by atoms with Crippen molar-refractivity contribution in [3.05, 3.63) is 12.4 Å². The van der Waals surface area contributed by atoms with Crippen LogP contribution in [-0.4, -0.2) is 36.2 Å². The maximum absolute atomic E-state index is 2.33. The fourth-order valence-corrected chi connectivity index (χ4v) is 1.97. The number of hydrogen-bond donors (Lipinski definition) is 0. The highest BCUT2D eigenvalue weighted by atomic mass is 15.5. The number of rotatable bonds is 3. The van der Waals surface area contributed by atoms with Crippen molar-refractivity contribution in [2.24, 2.45) is 5.92 Å². The smallest absolute Gasteiger partial charge is 0.158 e. The summed E-state index contributed by atoms with van der Waals surface area (Å²) in [7, 11) is 2.15. The van der Waals surface area contributed by atoms with Crippen LogP contribution in [-0.2, 0) is 0 Å². The molecule has 2 heteroatoms. The van der Waals surface area contributed by atoms with E-state index in [1.165, 1.54) is 13.1 Å². The molecule has 1 rings (SSSR count). The van der Waals surface area contributed by atoms with Crippen molar-refractivity contribution >= 4 is 0 Å². The van der Waals surface area contributed by atoms with Crippen molar-refractivity contribution < 1.29 is 4.48 Å². The molecule has 0 saturated carbocycles. The molecule has 0 saturated heterocycles. The van der Waals surface area contributed by atoms with Crippen LogP contribution in [0.3, 0.4) is 0 Å². The zero-order valence-electron chi connectivity index (χ0n) is 8.75. The lowest BCUT2D eigenvalue weighted by molar-refractivity contribution is -0.882. The molecule has 0 fully saturated rings. The highest BCUT2D eigenvalue weighted by Gasteiger charge is 2.29. The van der Waals surface area contributed by atoms with Crippen molar-refractivity contribution in [3.63, 3.8) is 0 Å². The third kappa shape index (κ3) is 2.01. The Hall–Kier alpha value is -0.500. The predicted octanol–water partition coefficient (Wildman–Crippen LogP) is 1.85. The first kappa shape index (κ1) is 9.59. The Bertz CT molecular complexity index is 175. The van der Waals surface area contributed by atoms with Crippen LogP contribution in [0.2, 0.25) is 0 Å².